The lowest BCUT2D eigenvalue weighted by atomic mass is 9.63. The number of hydrogen-bond donors (Lipinski definition) is 0. The summed E-state index contributed by atoms with van der Waals surface area (Å²) in [6, 6.07) is 0. The second kappa shape index (κ2) is 4.55. The van der Waals surface area contributed by atoms with Crippen molar-refractivity contribution in [2.45, 2.75) is 40.0 Å². The fourth-order valence-corrected chi connectivity index (χ4v) is 3.92. The van der Waals surface area contributed by atoms with Crippen molar-refractivity contribution in [2.75, 3.05) is 40.3 Å². The van der Waals surface area contributed by atoms with Crippen LogP contribution >= 0.6 is 0 Å². The van der Waals surface area contributed by atoms with Crippen molar-refractivity contribution < 1.29 is 0 Å². The first-order valence-electron chi connectivity index (χ1n) is 7.22. The van der Waals surface area contributed by atoms with Crippen molar-refractivity contribution in [1.29, 1.82) is 0 Å². The van der Waals surface area contributed by atoms with Gasteiger partial charge < -0.3 is 9.80 Å². The summed E-state index contributed by atoms with van der Waals surface area (Å²) in [5, 5.41) is 0. The molecule has 1 heterocycles. The van der Waals surface area contributed by atoms with Gasteiger partial charge in [-0.1, -0.05) is 20.8 Å². The SMILES string of the molecule is CN(C)CCCN1C[C@@H]2CC[C@](C)(C1)C2(C)C. The van der Waals surface area contributed by atoms with E-state index in [4.69, 9.17) is 0 Å². The Hall–Kier alpha value is -0.0800. The van der Waals surface area contributed by atoms with Crippen molar-refractivity contribution in [1.82, 2.24) is 9.80 Å². The Kier molecular flexibility index (Phi) is 3.57. The molecule has 0 aromatic carbocycles. The van der Waals surface area contributed by atoms with E-state index in [2.05, 4.69) is 44.7 Å². The van der Waals surface area contributed by atoms with E-state index in [-0.39, 0.29) is 0 Å². The maximum Gasteiger partial charge on any atom is 0.00407 e. The molecule has 2 aliphatic rings. The maximum atomic E-state index is 2.73. The minimum Gasteiger partial charge on any atom is -0.309 e. The lowest BCUT2D eigenvalue weighted by molar-refractivity contribution is -0.0182. The summed E-state index contributed by atoms with van der Waals surface area (Å²) in [6.45, 7) is 12.7. The molecule has 2 atom stereocenters. The van der Waals surface area contributed by atoms with Crippen LogP contribution in [0.2, 0.25) is 0 Å². The third-order valence-electron chi connectivity index (χ3n) is 5.75. The van der Waals surface area contributed by atoms with Crippen molar-refractivity contribution in [3.63, 3.8) is 0 Å². The second-order valence-corrected chi connectivity index (χ2v) is 7.41. The van der Waals surface area contributed by atoms with Crippen LogP contribution in [0.15, 0.2) is 0 Å². The molecule has 2 fully saturated rings. The summed E-state index contributed by atoms with van der Waals surface area (Å²) in [7, 11) is 4.34. The van der Waals surface area contributed by atoms with Crippen molar-refractivity contribution >= 4 is 0 Å². The second-order valence-electron chi connectivity index (χ2n) is 7.41. The number of hydrogen-bond acceptors (Lipinski definition) is 2. The van der Waals surface area contributed by atoms with Crippen LogP contribution in [-0.2, 0) is 0 Å². The molecular formula is C15H30N2. The standard InChI is InChI=1S/C15H30N2/c1-14(2)13-7-8-15(14,3)12-17(11-13)10-6-9-16(4)5/h13H,6-12H2,1-5H3/t13-,15+/m0/s1. The lowest BCUT2D eigenvalue weighted by Gasteiger charge is -2.50. The zero-order valence-corrected chi connectivity index (χ0v) is 12.4. The lowest BCUT2D eigenvalue weighted by Crippen LogP contribution is -2.52. The van der Waals surface area contributed by atoms with E-state index in [9.17, 15) is 0 Å². The number of fused-ring (bicyclic) bond motifs is 2. The highest BCUT2D eigenvalue weighted by Crippen LogP contribution is 2.58. The molecule has 2 nitrogen and oxygen atoms in total. The third-order valence-corrected chi connectivity index (χ3v) is 5.75. The summed E-state index contributed by atoms with van der Waals surface area (Å²) >= 11 is 0. The Morgan fingerprint density at radius 1 is 1.24 bits per heavy atom. The fraction of sp³-hybridized carbons (Fsp3) is 1.00. The molecule has 1 saturated carbocycles. The van der Waals surface area contributed by atoms with Gasteiger partial charge in [0.25, 0.3) is 0 Å². The van der Waals surface area contributed by atoms with Crippen LogP contribution in [0.4, 0.5) is 0 Å². The molecule has 0 aromatic heterocycles. The van der Waals surface area contributed by atoms with Gasteiger partial charge in [0.05, 0.1) is 0 Å². The first kappa shape index (κ1) is 13.4. The highest BCUT2D eigenvalue weighted by Gasteiger charge is 2.54. The van der Waals surface area contributed by atoms with E-state index >= 15 is 0 Å². The van der Waals surface area contributed by atoms with E-state index in [1.54, 1.807) is 0 Å². The van der Waals surface area contributed by atoms with Crippen LogP contribution in [-0.4, -0.2) is 50.1 Å². The highest BCUT2D eigenvalue weighted by molar-refractivity contribution is 5.05. The number of rotatable bonds is 4. The van der Waals surface area contributed by atoms with Gasteiger partial charge in [0.15, 0.2) is 0 Å². The minimum atomic E-state index is 0.561. The molecular weight excluding hydrogens is 208 g/mol. The van der Waals surface area contributed by atoms with Crippen LogP contribution in [0, 0.1) is 16.7 Å². The largest absolute Gasteiger partial charge is 0.309 e. The normalized spacial score (nSPS) is 36.7. The van der Waals surface area contributed by atoms with Crippen LogP contribution in [0.3, 0.4) is 0 Å². The number of nitrogens with zero attached hydrogens (tertiary/aromatic N) is 2. The molecule has 0 spiro atoms. The average Bonchev–Trinajstić information content (AvgIpc) is 2.38. The maximum absolute atomic E-state index is 2.73. The van der Waals surface area contributed by atoms with Gasteiger partial charge in [-0.3, -0.25) is 0 Å². The molecule has 1 aliphatic heterocycles. The quantitative estimate of drug-likeness (QED) is 0.743. The summed E-state index contributed by atoms with van der Waals surface area (Å²) in [5.41, 5.74) is 1.12. The van der Waals surface area contributed by atoms with Crippen LogP contribution in [0.25, 0.3) is 0 Å². The first-order chi connectivity index (χ1) is 7.85. The Labute approximate surface area is 107 Å². The minimum absolute atomic E-state index is 0.561. The molecule has 1 saturated heterocycles. The average molecular weight is 238 g/mol. The zero-order valence-electron chi connectivity index (χ0n) is 12.4. The predicted octanol–water partition coefficient (Wildman–Crippen LogP) is 2.70. The predicted molar refractivity (Wildman–Crippen MR) is 74.2 cm³/mol. The van der Waals surface area contributed by atoms with E-state index in [0.717, 1.165) is 5.92 Å². The molecule has 0 unspecified atom stereocenters. The Morgan fingerprint density at radius 3 is 2.53 bits per heavy atom. The van der Waals surface area contributed by atoms with Gasteiger partial charge in [-0.2, -0.15) is 0 Å². The van der Waals surface area contributed by atoms with Gasteiger partial charge in [-0.15, -0.1) is 0 Å². The molecule has 0 N–H and O–H groups in total. The molecule has 0 radical (unpaired) electrons. The monoisotopic (exact) mass is 238 g/mol. The molecule has 2 heteroatoms. The smallest absolute Gasteiger partial charge is 0.00407 e. The number of piperidine rings is 1. The summed E-state index contributed by atoms with van der Waals surface area (Å²) in [4.78, 5) is 5.02. The van der Waals surface area contributed by atoms with Crippen LogP contribution in [0.1, 0.15) is 40.0 Å². The van der Waals surface area contributed by atoms with Gasteiger partial charge in [0, 0.05) is 13.1 Å². The van der Waals surface area contributed by atoms with Gasteiger partial charge in [0.1, 0.15) is 0 Å². The Morgan fingerprint density at radius 2 is 1.94 bits per heavy atom. The van der Waals surface area contributed by atoms with Gasteiger partial charge in [-0.25, -0.2) is 0 Å². The summed E-state index contributed by atoms with van der Waals surface area (Å²) < 4.78 is 0. The summed E-state index contributed by atoms with van der Waals surface area (Å²) in [5.74, 6) is 0.931. The van der Waals surface area contributed by atoms with E-state index in [1.807, 2.05) is 0 Å². The van der Waals surface area contributed by atoms with E-state index < -0.39 is 0 Å². The molecule has 1 aliphatic carbocycles. The highest BCUT2D eigenvalue weighted by atomic mass is 15.2. The van der Waals surface area contributed by atoms with Crippen molar-refractivity contribution in [3.05, 3.63) is 0 Å². The van der Waals surface area contributed by atoms with Crippen LogP contribution in [0.5, 0.6) is 0 Å². The summed E-state index contributed by atoms with van der Waals surface area (Å²) in [6.07, 6.45) is 4.21. The molecule has 100 valence electrons. The van der Waals surface area contributed by atoms with E-state index in [0.29, 0.717) is 10.8 Å². The Bertz CT molecular complexity index is 272. The van der Waals surface area contributed by atoms with Gasteiger partial charge >= 0.3 is 0 Å². The Balaban J connectivity index is 1.90. The van der Waals surface area contributed by atoms with Crippen molar-refractivity contribution in [2.24, 2.45) is 16.7 Å². The van der Waals surface area contributed by atoms with Gasteiger partial charge in [-0.05, 0) is 63.2 Å². The van der Waals surface area contributed by atoms with E-state index in [1.165, 1.54) is 45.4 Å². The van der Waals surface area contributed by atoms with Crippen LogP contribution < -0.4 is 0 Å². The number of likely N-dealkylation sites (tertiary alicyclic amines) is 1. The molecule has 2 bridgehead atoms. The third kappa shape index (κ3) is 2.39. The zero-order chi connectivity index (χ0) is 12.7. The molecule has 2 rings (SSSR count). The first-order valence-corrected chi connectivity index (χ1v) is 7.22. The fourth-order valence-electron chi connectivity index (χ4n) is 3.92. The molecule has 17 heavy (non-hydrogen) atoms. The topological polar surface area (TPSA) is 6.48 Å². The molecule has 0 amide bonds. The van der Waals surface area contributed by atoms with Crippen molar-refractivity contribution in [3.8, 4) is 0 Å². The van der Waals surface area contributed by atoms with Gasteiger partial charge in [0.2, 0.25) is 0 Å². The molecule has 0 aromatic rings.